The Morgan fingerprint density at radius 1 is 0.800 bits per heavy atom. The fraction of sp³-hybridized carbons (Fsp3) is 0.0952. The Hall–Kier alpha value is -2.59. The number of amides is 1. The summed E-state index contributed by atoms with van der Waals surface area (Å²) in [6.07, 6.45) is 0. The zero-order chi connectivity index (χ0) is 17.5. The van der Waals surface area contributed by atoms with Gasteiger partial charge in [-0.3, -0.25) is 4.79 Å². The smallest absolute Gasteiger partial charge is 0.255 e. The van der Waals surface area contributed by atoms with Crippen LogP contribution in [-0.2, 0) is 11.5 Å². The predicted molar refractivity (Wildman–Crippen MR) is 102 cm³/mol. The highest BCUT2D eigenvalue weighted by molar-refractivity contribution is 7.97. The number of carbonyl (C=O) groups is 1. The van der Waals surface area contributed by atoms with Crippen LogP contribution in [0.25, 0.3) is 0 Å². The van der Waals surface area contributed by atoms with Crippen LogP contribution in [0.3, 0.4) is 0 Å². The van der Waals surface area contributed by atoms with Gasteiger partial charge in [0.2, 0.25) is 0 Å². The second-order valence-electron chi connectivity index (χ2n) is 5.61. The van der Waals surface area contributed by atoms with Crippen molar-refractivity contribution in [3.05, 3.63) is 101 Å². The molecule has 0 radical (unpaired) electrons. The largest absolute Gasteiger partial charge is 0.319 e. The fourth-order valence-electron chi connectivity index (χ4n) is 2.37. The summed E-state index contributed by atoms with van der Waals surface area (Å²) >= 11 is 1.83. The van der Waals surface area contributed by atoms with Gasteiger partial charge in [0.05, 0.1) is 5.69 Å². The van der Waals surface area contributed by atoms with E-state index in [1.807, 2.05) is 42.1 Å². The number of thioether (sulfide) groups is 1. The summed E-state index contributed by atoms with van der Waals surface area (Å²) in [5, 5.41) is 2.59. The van der Waals surface area contributed by atoms with E-state index in [9.17, 15) is 9.18 Å². The maximum absolute atomic E-state index is 13.6. The summed E-state index contributed by atoms with van der Waals surface area (Å²) in [6, 6.07) is 23.9. The minimum Gasteiger partial charge on any atom is -0.319 e. The number of rotatable bonds is 6. The van der Waals surface area contributed by atoms with Gasteiger partial charge >= 0.3 is 0 Å². The molecular formula is C21H18FNOS. The quantitative estimate of drug-likeness (QED) is 0.634. The molecule has 25 heavy (non-hydrogen) atoms. The Labute approximate surface area is 151 Å². The van der Waals surface area contributed by atoms with Crippen LogP contribution in [0.15, 0.2) is 78.9 Å². The van der Waals surface area contributed by atoms with Crippen LogP contribution < -0.4 is 5.32 Å². The molecular weight excluding hydrogens is 333 g/mol. The number of carbonyl (C=O) groups excluding carboxylic acids is 1. The maximum atomic E-state index is 13.6. The van der Waals surface area contributed by atoms with Gasteiger partial charge in [0.1, 0.15) is 5.82 Å². The van der Waals surface area contributed by atoms with Crippen molar-refractivity contribution in [1.82, 2.24) is 0 Å². The fourth-order valence-corrected chi connectivity index (χ4v) is 3.33. The van der Waals surface area contributed by atoms with Crippen molar-refractivity contribution in [1.29, 1.82) is 0 Å². The second kappa shape index (κ2) is 8.49. The second-order valence-corrected chi connectivity index (χ2v) is 6.59. The summed E-state index contributed by atoms with van der Waals surface area (Å²) in [4.78, 5) is 12.2. The third-order valence-electron chi connectivity index (χ3n) is 3.72. The minimum atomic E-state index is -0.440. The van der Waals surface area contributed by atoms with Gasteiger partial charge in [-0.25, -0.2) is 4.39 Å². The number of anilines is 1. The molecule has 3 aromatic carbocycles. The summed E-state index contributed by atoms with van der Waals surface area (Å²) in [7, 11) is 0. The van der Waals surface area contributed by atoms with Crippen molar-refractivity contribution in [2.75, 3.05) is 5.32 Å². The number of hydrogen-bond donors (Lipinski definition) is 1. The molecule has 0 saturated heterocycles. The molecule has 0 aromatic heterocycles. The monoisotopic (exact) mass is 351 g/mol. The Balaban J connectivity index is 1.54. The van der Waals surface area contributed by atoms with Gasteiger partial charge < -0.3 is 5.32 Å². The van der Waals surface area contributed by atoms with E-state index in [2.05, 4.69) is 17.4 Å². The first-order valence-corrected chi connectivity index (χ1v) is 9.14. The topological polar surface area (TPSA) is 29.1 Å². The van der Waals surface area contributed by atoms with Gasteiger partial charge in [-0.1, -0.05) is 54.6 Å². The average Bonchev–Trinajstić information content (AvgIpc) is 2.65. The molecule has 4 heteroatoms. The van der Waals surface area contributed by atoms with E-state index in [1.54, 1.807) is 30.3 Å². The standard InChI is InChI=1S/C21H18FNOS/c22-19-8-4-5-9-20(19)23-21(24)18-12-10-17(11-13-18)15-25-14-16-6-2-1-3-7-16/h1-13H,14-15H2,(H,23,24). The molecule has 3 rings (SSSR count). The summed E-state index contributed by atoms with van der Waals surface area (Å²) in [5.74, 6) is 1.08. The molecule has 0 bridgehead atoms. The molecule has 2 nitrogen and oxygen atoms in total. The number of benzene rings is 3. The summed E-state index contributed by atoms with van der Waals surface area (Å²) in [5.41, 5.74) is 3.16. The van der Waals surface area contributed by atoms with Gasteiger partial charge in [-0.05, 0) is 35.4 Å². The first-order valence-electron chi connectivity index (χ1n) is 7.99. The average molecular weight is 351 g/mol. The highest BCUT2D eigenvalue weighted by atomic mass is 32.2. The predicted octanol–water partition coefficient (Wildman–Crippen LogP) is 5.51. The van der Waals surface area contributed by atoms with Gasteiger partial charge in [0.25, 0.3) is 5.91 Å². The first-order chi connectivity index (χ1) is 12.2. The van der Waals surface area contributed by atoms with Crippen LogP contribution in [0.2, 0.25) is 0 Å². The number of para-hydroxylation sites is 1. The van der Waals surface area contributed by atoms with Crippen molar-refractivity contribution in [3.8, 4) is 0 Å². The molecule has 0 heterocycles. The first kappa shape index (κ1) is 17.2. The van der Waals surface area contributed by atoms with Crippen LogP contribution in [0.5, 0.6) is 0 Å². The van der Waals surface area contributed by atoms with Crippen LogP contribution in [0.1, 0.15) is 21.5 Å². The van der Waals surface area contributed by atoms with Crippen LogP contribution in [0, 0.1) is 5.82 Å². The lowest BCUT2D eigenvalue weighted by atomic mass is 10.1. The molecule has 0 aliphatic heterocycles. The van der Waals surface area contributed by atoms with Crippen molar-refractivity contribution in [2.45, 2.75) is 11.5 Å². The van der Waals surface area contributed by atoms with E-state index in [0.29, 0.717) is 5.56 Å². The van der Waals surface area contributed by atoms with Crippen molar-refractivity contribution in [3.63, 3.8) is 0 Å². The molecule has 3 aromatic rings. The lowest BCUT2D eigenvalue weighted by Gasteiger charge is -2.07. The van der Waals surface area contributed by atoms with Crippen LogP contribution >= 0.6 is 11.8 Å². The highest BCUT2D eigenvalue weighted by Crippen LogP contribution is 2.19. The van der Waals surface area contributed by atoms with E-state index >= 15 is 0 Å². The third-order valence-corrected chi connectivity index (χ3v) is 4.79. The normalized spacial score (nSPS) is 10.4. The Bertz CT molecular complexity index is 834. The van der Waals surface area contributed by atoms with Gasteiger partial charge in [0, 0.05) is 17.1 Å². The van der Waals surface area contributed by atoms with Crippen LogP contribution in [0.4, 0.5) is 10.1 Å². The molecule has 126 valence electrons. The summed E-state index contributed by atoms with van der Waals surface area (Å²) in [6.45, 7) is 0. The van der Waals surface area contributed by atoms with Crippen molar-refractivity contribution in [2.24, 2.45) is 0 Å². The molecule has 0 spiro atoms. The lowest BCUT2D eigenvalue weighted by molar-refractivity contribution is 0.102. The molecule has 0 atom stereocenters. The van der Waals surface area contributed by atoms with E-state index in [1.165, 1.54) is 11.6 Å². The van der Waals surface area contributed by atoms with Crippen LogP contribution in [-0.4, -0.2) is 5.91 Å². The lowest BCUT2D eigenvalue weighted by Crippen LogP contribution is -2.12. The van der Waals surface area contributed by atoms with E-state index in [-0.39, 0.29) is 11.6 Å². The SMILES string of the molecule is O=C(Nc1ccccc1F)c1ccc(CSCc2ccccc2)cc1. The van der Waals surface area contributed by atoms with Gasteiger partial charge in [-0.15, -0.1) is 0 Å². The maximum Gasteiger partial charge on any atom is 0.255 e. The van der Waals surface area contributed by atoms with E-state index in [4.69, 9.17) is 0 Å². The molecule has 0 aliphatic rings. The van der Waals surface area contributed by atoms with E-state index < -0.39 is 5.82 Å². The minimum absolute atomic E-state index is 0.190. The van der Waals surface area contributed by atoms with Crippen molar-refractivity contribution >= 4 is 23.4 Å². The summed E-state index contributed by atoms with van der Waals surface area (Å²) < 4.78 is 13.6. The van der Waals surface area contributed by atoms with Crippen molar-refractivity contribution < 1.29 is 9.18 Å². The Morgan fingerprint density at radius 2 is 1.40 bits per heavy atom. The molecule has 1 amide bonds. The molecule has 1 N–H and O–H groups in total. The number of nitrogens with one attached hydrogen (secondary N) is 1. The number of halogens is 1. The van der Waals surface area contributed by atoms with Gasteiger partial charge in [-0.2, -0.15) is 11.8 Å². The highest BCUT2D eigenvalue weighted by Gasteiger charge is 2.08. The zero-order valence-electron chi connectivity index (χ0n) is 13.6. The molecule has 0 saturated carbocycles. The zero-order valence-corrected chi connectivity index (χ0v) is 14.4. The Kier molecular flexibility index (Phi) is 5.86. The third kappa shape index (κ3) is 4.94. The number of hydrogen-bond acceptors (Lipinski definition) is 2. The van der Waals surface area contributed by atoms with Gasteiger partial charge in [0.15, 0.2) is 0 Å². The Morgan fingerprint density at radius 3 is 2.08 bits per heavy atom. The molecule has 0 aliphatic carbocycles. The molecule has 0 unspecified atom stereocenters. The molecule has 0 fully saturated rings. The van der Waals surface area contributed by atoms with E-state index in [0.717, 1.165) is 17.1 Å².